The van der Waals surface area contributed by atoms with E-state index in [1.165, 1.54) is 0 Å². The summed E-state index contributed by atoms with van der Waals surface area (Å²) in [5.74, 6) is 1.77. The average Bonchev–Trinajstić information content (AvgIpc) is 3.61. The highest BCUT2D eigenvalue weighted by Crippen LogP contribution is 2.37. The lowest BCUT2D eigenvalue weighted by atomic mass is 9.93. The SMILES string of the molecule is COc1ccc2cc3n(c2c1)C[C@@](C)(C(=O)NC1CCCC1)N(Cc1ccc2c(c1)OCO2)C3=O. The monoisotopic (exact) mass is 475 g/mol. The zero-order valence-corrected chi connectivity index (χ0v) is 20.0. The summed E-state index contributed by atoms with van der Waals surface area (Å²) in [6, 6.07) is 13.5. The van der Waals surface area contributed by atoms with Gasteiger partial charge in [0.1, 0.15) is 17.0 Å². The lowest BCUT2D eigenvalue weighted by Crippen LogP contribution is -2.64. The van der Waals surface area contributed by atoms with Crippen LogP contribution in [0.1, 0.15) is 48.7 Å². The summed E-state index contributed by atoms with van der Waals surface area (Å²) in [5, 5.41) is 4.19. The van der Waals surface area contributed by atoms with Crippen molar-refractivity contribution in [2.45, 2.75) is 57.3 Å². The van der Waals surface area contributed by atoms with Gasteiger partial charge in [-0.1, -0.05) is 18.9 Å². The number of ether oxygens (including phenoxy) is 3. The van der Waals surface area contributed by atoms with Crippen molar-refractivity contribution < 1.29 is 23.8 Å². The molecule has 0 unspecified atom stereocenters. The molecule has 8 nitrogen and oxygen atoms in total. The van der Waals surface area contributed by atoms with Gasteiger partial charge < -0.3 is 29.0 Å². The van der Waals surface area contributed by atoms with Crippen molar-refractivity contribution in [1.29, 1.82) is 0 Å². The van der Waals surface area contributed by atoms with Gasteiger partial charge in [0.05, 0.1) is 19.2 Å². The van der Waals surface area contributed by atoms with Gasteiger partial charge in [0, 0.05) is 24.0 Å². The molecule has 2 aliphatic heterocycles. The number of benzene rings is 2. The first kappa shape index (κ1) is 21.8. The Kier molecular flexibility index (Phi) is 5.12. The second kappa shape index (κ2) is 8.22. The van der Waals surface area contributed by atoms with Gasteiger partial charge in [-0.05, 0) is 55.7 Å². The molecule has 182 valence electrons. The van der Waals surface area contributed by atoms with E-state index in [0.29, 0.717) is 29.5 Å². The van der Waals surface area contributed by atoms with Crippen molar-refractivity contribution in [3.8, 4) is 17.2 Å². The van der Waals surface area contributed by atoms with Gasteiger partial charge in [0.2, 0.25) is 12.7 Å². The van der Waals surface area contributed by atoms with E-state index in [0.717, 1.165) is 42.1 Å². The summed E-state index contributed by atoms with van der Waals surface area (Å²) in [7, 11) is 1.62. The molecule has 2 amide bonds. The minimum atomic E-state index is -1.07. The predicted octanol–water partition coefficient (Wildman–Crippen LogP) is 3.85. The van der Waals surface area contributed by atoms with Crippen molar-refractivity contribution >= 4 is 22.7 Å². The van der Waals surface area contributed by atoms with Gasteiger partial charge in [0.15, 0.2) is 11.5 Å². The molecule has 1 atom stereocenters. The third-order valence-corrected chi connectivity index (χ3v) is 7.59. The first-order valence-corrected chi connectivity index (χ1v) is 12.1. The van der Waals surface area contributed by atoms with Crippen LogP contribution in [-0.2, 0) is 17.9 Å². The Labute approximate surface area is 203 Å². The van der Waals surface area contributed by atoms with Crippen LogP contribution < -0.4 is 19.5 Å². The number of carbonyl (C=O) groups is 2. The van der Waals surface area contributed by atoms with Gasteiger partial charge >= 0.3 is 0 Å². The van der Waals surface area contributed by atoms with Crippen molar-refractivity contribution in [3.05, 3.63) is 53.7 Å². The Morgan fingerprint density at radius 3 is 2.71 bits per heavy atom. The number of nitrogens with one attached hydrogen (secondary N) is 1. The van der Waals surface area contributed by atoms with Crippen LogP contribution in [0.3, 0.4) is 0 Å². The normalized spacial score (nSPS) is 21.4. The number of aromatic nitrogens is 1. The highest BCUT2D eigenvalue weighted by molar-refractivity contribution is 6.03. The molecule has 35 heavy (non-hydrogen) atoms. The number of amides is 2. The third-order valence-electron chi connectivity index (χ3n) is 7.59. The molecule has 0 spiro atoms. The van der Waals surface area contributed by atoms with Gasteiger partial charge in [-0.3, -0.25) is 9.59 Å². The molecule has 3 heterocycles. The maximum Gasteiger partial charge on any atom is 0.271 e. The summed E-state index contributed by atoms with van der Waals surface area (Å²) < 4.78 is 18.4. The van der Waals surface area contributed by atoms with Gasteiger partial charge in [-0.25, -0.2) is 0 Å². The number of nitrogens with zero attached hydrogens (tertiary/aromatic N) is 2. The van der Waals surface area contributed by atoms with Crippen molar-refractivity contribution in [2.75, 3.05) is 13.9 Å². The van der Waals surface area contributed by atoms with Crippen molar-refractivity contribution in [1.82, 2.24) is 14.8 Å². The first-order chi connectivity index (χ1) is 17.0. The van der Waals surface area contributed by atoms with Crippen LogP contribution in [0, 0.1) is 0 Å². The molecule has 6 rings (SSSR count). The molecule has 0 saturated heterocycles. The fraction of sp³-hybridized carbons (Fsp3) is 0.407. The zero-order valence-electron chi connectivity index (χ0n) is 20.0. The lowest BCUT2D eigenvalue weighted by molar-refractivity contribution is -0.133. The fourth-order valence-electron chi connectivity index (χ4n) is 5.54. The predicted molar refractivity (Wildman–Crippen MR) is 130 cm³/mol. The Balaban J connectivity index is 1.42. The van der Waals surface area contributed by atoms with E-state index in [9.17, 15) is 9.59 Å². The molecular formula is C27H29N3O5. The molecule has 1 saturated carbocycles. The van der Waals surface area contributed by atoms with E-state index in [4.69, 9.17) is 14.2 Å². The van der Waals surface area contributed by atoms with Crippen LogP contribution in [-0.4, -0.2) is 46.8 Å². The Morgan fingerprint density at radius 2 is 1.91 bits per heavy atom. The summed E-state index contributed by atoms with van der Waals surface area (Å²) in [4.78, 5) is 29.5. The fourth-order valence-corrected chi connectivity index (χ4v) is 5.54. The molecule has 3 aromatic rings. The largest absolute Gasteiger partial charge is 0.497 e. The first-order valence-electron chi connectivity index (χ1n) is 12.1. The number of carbonyl (C=O) groups excluding carboxylic acids is 2. The second-order valence-electron chi connectivity index (χ2n) is 9.85. The van der Waals surface area contributed by atoms with E-state index in [1.54, 1.807) is 12.0 Å². The number of methoxy groups -OCH3 is 1. The summed E-state index contributed by atoms with van der Waals surface area (Å²) >= 11 is 0. The number of fused-ring (bicyclic) bond motifs is 4. The topological polar surface area (TPSA) is 82.0 Å². The van der Waals surface area contributed by atoms with Crippen LogP contribution in [0.2, 0.25) is 0 Å². The van der Waals surface area contributed by atoms with Crippen LogP contribution in [0.4, 0.5) is 0 Å². The molecule has 3 aliphatic rings. The Hall–Kier alpha value is -3.68. The van der Waals surface area contributed by atoms with E-state index in [2.05, 4.69) is 5.32 Å². The summed E-state index contributed by atoms with van der Waals surface area (Å²) in [6.45, 7) is 2.70. The van der Waals surface area contributed by atoms with Crippen LogP contribution >= 0.6 is 0 Å². The molecule has 0 radical (unpaired) electrons. The number of hydrogen-bond donors (Lipinski definition) is 1. The lowest BCUT2D eigenvalue weighted by Gasteiger charge is -2.44. The zero-order chi connectivity index (χ0) is 24.2. The number of hydrogen-bond acceptors (Lipinski definition) is 5. The Bertz CT molecular complexity index is 1330. The number of rotatable bonds is 5. The molecular weight excluding hydrogens is 446 g/mol. The highest BCUT2D eigenvalue weighted by atomic mass is 16.7. The van der Waals surface area contributed by atoms with Gasteiger partial charge in [-0.15, -0.1) is 0 Å². The van der Waals surface area contributed by atoms with E-state index < -0.39 is 5.54 Å². The van der Waals surface area contributed by atoms with E-state index in [1.807, 2.05) is 54.0 Å². The Morgan fingerprint density at radius 1 is 1.11 bits per heavy atom. The molecule has 8 heteroatoms. The molecule has 1 aliphatic carbocycles. The third kappa shape index (κ3) is 3.59. The van der Waals surface area contributed by atoms with Crippen molar-refractivity contribution in [2.24, 2.45) is 0 Å². The standard InChI is InChI=1S/C27H29N3O5/c1-27(26(32)28-19-5-3-4-6-19)15-29-21-13-20(33-2)9-8-18(21)12-22(29)25(31)30(27)14-17-7-10-23-24(11-17)35-16-34-23/h7-13,19H,3-6,14-16H2,1-2H3,(H,28,32)/t27-/m0/s1. The van der Waals surface area contributed by atoms with Crippen molar-refractivity contribution in [3.63, 3.8) is 0 Å². The van der Waals surface area contributed by atoms with E-state index in [-0.39, 0.29) is 31.2 Å². The maximum atomic E-state index is 14.0. The van der Waals surface area contributed by atoms with Crippen LogP contribution in [0.5, 0.6) is 17.2 Å². The minimum Gasteiger partial charge on any atom is -0.497 e. The molecule has 2 aromatic carbocycles. The van der Waals surface area contributed by atoms with Gasteiger partial charge in [-0.2, -0.15) is 0 Å². The van der Waals surface area contributed by atoms with Crippen LogP contribution in [0.25, 0.3) is 10.9 Å². The summed E-state index contributed by atoms with van der Waals surface area (Å²) in [6.07, 6.45) is 4.20. The smallest absolute Gasteiger partial charge is 0.271 e. The summed E-state index contributed by atoms with van der Waals surface area (Å²) in [5.41, 5.74) is 1.27. The molecule has 1 aromatic heterocycles. The minimum absolute atomic E-state index is 0.117. The van der Waals surface area contributed by atoms with Gasteiger partial charge in [0.25, 0.3) is 5.91 Å². The van der Waals surface area contributed by atoms with Crippen LogP contribution in [0.15, 0.2) is 42.5 Å². The second-order valence-corrected chi connectivity index (χ2v) is 9.85. The highest BCUT2D eigenvalue weighted by Gasteiger charge is 2.48. The average molecular weight is 476 g/mol. The molecule has 0 bridgehead atoms. The molecule has 1 fully saturated rings. The quantitative estimate of drug-likeness (QED) is 0.606. The maximum absolute atomic E-state index is 14.0. The molecule has 1 N–H and O–H groups in total. The van der Waals surface area contributed by atoms with E-state index >= 15 is 0 Å².